The van der Waals surface area contributed by atoms with Crippen LogP contribution in [0.15, 0.2) is 0 Å². The number of nitrogens with one attached hydrogen (secondary N) is 4. The molecule has 0 aromatic heterocycles. The summed E-state index contributed by atoms with van der Waals surface area (Å²) < 4.78 is 0. The maximum atomic E-state index is 13.0. The molecule has 0 radical (unpaired) electrons. The van der Waals surface area contributed by atoms with Gasteiger partial charge in [0.2, 0.25) is 23.6 Å². The maximum Gasteiger partial charge on any atom is 0.233 e. The van der Waals surface area contributed by atoms with Gasteiger partial charge in [-0.3, -0.25) is 57.5 Å². The zero-order valence-electron chi connectivity index (χ0n) is 53.7. The van der Waals surface area contributed by atoms with Crippen LogP contribution in [-0.4, -0.2) is 122 Å². The van der Waals surface area contributed by atoms with E-state index in [2.05, 4.69) is 21.3 Å². The number of ketones is 8. The summed E-state index contributed by atoms with van der Waals surface area (Å²) in [5, 5.41) is 11.3. The quantitative estimate of drug-likeness (QED) is 0.0265. The Morgan fingerprint density at radius 3 is 0.791 bits per heavy atom. The summed E-state index contributed by atoms with van der Waals surface area (Å²) in [6, 6.07) is 0. The molecule has 0 saturated heterocycles. The Bertz CT molecular complexity index is 1770. The van der Waals surface area contributed by atoms with Gasteiger partial charge in [-0.15, -0.1) is 0 Å². The van der Waals surface area contributed by atoms with Crippen molar-refractivity contribution in [3.63, 3.8) is 0 Å². The molecule has 0 aliphatic rings. The Kier molecular flexibility index (Phi) is 58.4. The molecule has 4 amide bonds. The molecule has 2 atom stereocenters. The van der Waals surface area contributed by atoms with Gasteiger partial charge in [0.1, 0.15) is 46.3 Å². The second-order valence-electron chi connectivity index (χ2n) is 23.2. The van der Waals surface area contributed by atoms with Crippen LogP contribution in [0.3, 0.4) is 0 Å². The van der Waals surface area contributed by atoms with Gasteiger partial charge in [-0.2, -0.15) is 0 Å². The van der Waals surface area contributed by atoms with Crippen molar-refractivity contribution in [2.45, 2.75) is 284 Å². The van der Waals surface area contributed by atoms with E-state index in [1.807, 2.05) is 13.8 Å². The Hall–Kier alpha value is -4.92. The van der Waals surface area contributed by atoms with E-state index in [0.29, 0.717) is 116 Å². The predicted octanol–water partition coefficient (Wildman–Crippen LogP) is 8.48. The summed E-state index contributed by atoms with van der Waals surface area (Å²) in [5.74, 6) is 0.287. The lowest BCUT2D eigenvalue weighted by atomic mass is 9.88. The highest BCUT2D eigenvalue weighted by atomic mass is 16.2. The van der Waals surface area contributed by atoms with Crippen molar-refractivity contribution < 1.29 is 57.5 Å². The molecule has 0 saturated carbocycles. The van der Waals surface area contributed by atoms with Crippen molar-refractivity contribution >= 4 is 69.9 Å². The summed E-state index contributed by atoms with van der Waals surface area (Å²) in [4.78, 5) is 143. The molecule has 496 valence electrons. The monoisotopic (exact) mass is 1220 g/mol. The summed E-state index contributed by atoms with van der Waals surface area (Å²) in [7, 11) is 0. The number of carbonyl (C=O) groups is 12. The van der Waals surface area contributed by atoms with Crippen molar-refractivity contribution in [1.82, 2.24) is 21.3 Å². The van der Waals surface area contributed by atoms with E-state index in [-0.39, 0.29) is 121 Å². The fraction of sp³-hybridized carbons (Fsp3) is 0.818. The molecular formula is C66H120N8O12. The Labute approximate surface area is 517 Å². The van der Waals surface area contributed by atoms with Crippen LogP contribution >= 0.6 is 0 Å². The maximum absolute atomic E-state index is 13.0. The zero-order valence-corrected chi connectivity index (χ0v) is 53.7. The summed E-state index contributed by atoms with van der Waals surface area (Å²) in [6.07, 6.45) is 29.4. The second-order valence-corrected chi connectivity index (χ2v) is 23.2. The normalized spacial score (nSPS) is 11.6. The van der Waals surface area contributed by atoms with Crippen LogP contribution in [0.1, 0.15) is 284 Å². The van der Waals surface area contributed by atoms with Crippen molar-refractivity contribution in [3.05, 3.63) is 0 Å². The molecule has 20 nitrogen and oxygen atoms in total. The molecule has 12 N–H and O–H groups in total. The van der Waals surface area contributed by atoms with Crippen molar-refractivity contribution in [2.24, 2.45) is 34.8 Å². The van der Waals surface area contributed by atoms with Gasteiger partial charge in [0.05, 0.1) is 26.2 Å². The molecule has 0 rings (SSSR count). The van der Waals surface area contributed by atoms with E-state index < -0.39 is 0 Å². The van der Waals surface area contributed by atoms with Crippen LogP contribution in [0, 0.1) is 11.8 Å². The molecule has 0 fully saturated rings. The van der Waals surface area contributed by atoms with Crippen LogP contribution in [0.4, 0.5) is 0 Å². The number of carbonyl (C=O) groups excluding carboxylic acids is 12. The smallest absolute Gasteiger partial charge is 0.233 e. The van der Waals surface area contributed by atoms with E-state index in [1.54, 1.807) is 0 Å². The standard InChI is InChI=1S/2C33H60N4O6/c2*1-2-28(38)17-8-5-6-11-20-31(41)27(24-29(39)18-9-3-4-10-19-30(40)25-34)16-13-15-23-36-32(42)21-12-7-14-22-37-33(43)26-35/h2*27H,2-26,34-35H2,1H3,(H,36,42)(H,37,43). The summed E-state index contributed by atoms with van der Waals surface area (Å²) >= 11 is 0. The highest BCUT2D eigenvalue weighted by Crippen LogP contribution is 2.23. The van der Waals surface area contributed by atoms with Crippen molar-refractivity contribution in [3.8, 4) is 0 Å². The first-order valence-corrected chi connectivity index (χ1v) is 33.5. The lowest BCUT2D eigenvalue weighted by molar-refractivity contribution is -0.128. The predicted molar refractivity (Wildman–Crippen MR) is 341 cm³/mol. The molecule has 0 heterocycles. The minimum Gasteiger partial charge on any atom is -0.356 e. The highest BCUT2D eigenvalue weighted by Gasteiger charge is 2.23. The lowest BCUT2D eigenvalue weighted by Crippen LogP contribution is -2.30. The van der Waals surface area contributed by atoms with E-state index in [4.69, 9.17) is 22.9 Å². The molecule has 0 aromatic carbocycles. The van der Waals surface area contributed by atoms with E-state index >= 15 is 0 Å². The largest absolute Gasteiger partial charge is 0.356 e. The molecule has 0 spiro atoms. The molecule has 0 aliphatic heterocycles. The first kappa shape index (κ1) is 83.1. The average molecular weight is 1220 g/mol. The van der Waals surface area contributed by atoms with Crippen LogP contribution < -0.4 is 44.2 Å². The van der Waals surface area contributed by atoms with Gasteiger partial charge < -0.3 is 44.2 Å². The number of nitrogens with two attached hydrogens (primary N) is 4. The fourth-order valence-electron chi connectivity index (χ4n) is 9.86. The molecule has 20 heteroatoms. The van der Waals surface area contributed by atoms with Gasteiger partial charge in [0, 0.05) is 128 Å². The number of hydrogen-bond acceptors (Lipinski definition) is 16. The third-order valence-corrected chi connectivity index (χ3v) is 15.5. The van der Waals surface area contributed by atoms with Crippen LogP contribution in [0.2, 0.25) is 0 Å². The summed E-state index contributed by atoms with van der Waals surface area (Å²) in [5.41, 5.74) is 21.2. The Balaban J connectivity index is 0. The van der Waals surface area contributed by atoms with Crippen molar-refractivity contribution in [1.29, 1.82) is 0 Å². The fourth-order valence-corrected chi connectivity index (χ4v) is 9.86. The Morgan fingerprint density at radius 2 is 0.500 bits per heavy atom. The van der Waals surface area contributed by atoms with E-state index in [0.717, 1.165) is 167 Å². The summed E-state index contributed by atoms with van der Waals surface area (Å²) in [6.45, 7) is 6.10. The minimum absolute atomic E-state index is 0.00169. The molecule has 0 aromatic rings. The highest BCUT2D eigenvalue weighted by molar-refractivity contribution is 5.89. The SMILES string of the molecule is CCC(=O)CCCCCCC(=O)C(CCCCNC(=O)CCCCCNC(=O)CN)CC(=O)CCCCCCC(=O)CN.CCC(=O)CCCCCCC(=O)C(CCCCNC(=O)CCCCCNC(=O)CN)CC(=O)CCCCCCC(=O)CN. The number of unbranched alkanes of at least 4 members (excludes halogenated alkanes) is 18. The molecule has 0 bridgehead atoms. The first-order chi connectivity index (χ1) is 41.5. The zero-order chi connectivity index (χ0) is 64.3. The molecule has 86 heavy (non-hydrogen) atoms. The Morgan fingerprint density at radius 1 is 0.256 bits per heavy atom. The first-order valence-electron chi connectivity index (χ1n) is 33.5. The number of hydrogen-bond donors (Lipinski definition) is 8. The van der Waals surface area contributed by atoms with Crippen molar-refractivity contribution in [2.75, 3.05) is 52.4 Å². The molecule has 0 aliphatic carbocycles. The van der Waals surface area contributed by atoms with Gasteiger partial charge in [-0.25, -0.2) is 0 Å². The average Bonchev–Trinajstić information content (AvgIpc) is 3.63. The van der Waals surface area contributed by atoms with Gasteiger partial charge in [0.15, 0.2) is 0 Å². The number of Topliss-reactive ketones (excluding diaryl/α,β-unsaturated/α-hetero) is 8. The van der Waals surface area contributed by atoms with E-state index in [9.17, 15) is 57.5 Å². The van der Waals surface area contributed by atoms with Gasteiger partial charge >= 0.3 is 0 Å². The third-order valence-electron chi connectivity index (χ3n) is 15.5. The lowest BCUT2D eigenvalue weighted by Gasteiger charge is -2.16. The van der Waals surface area contributed by atoms with Gasteiger partial charge in [-0.05, 0) is 103 Å². The van der Waals surface area contributed by atoms with Crippen LogP contribution in [-0.2, 0) is 57.5 Å². The van der Waals surface area contributed by atoms with Crippen LogP contribution in [0.5, 0.6) is 0 Å². The van der Waals surface area contributed by atoms with Gasteiger partial charge in [-0.1, -0.05) is 90.9 Å². The third kappa shape index (κ3) is 55.6. The van der Waals surface area contributed by atoms with Gasteiger partial charge in [0.25, 0.3) is 0 Å². The molecule has 2 unspecified atom stereocenters. The second kappa shape index (κ2) is 60.4. The molecular weight excluding hydrogens is 1100 g/mol. The number of rotatable bonds is 62. The topological polar surface area (TPSA) is 357 Å². The van der Waals surface area contributed by atoms with Crippen LogP contribution in [0.25, 0.3) is 0 Å². The van der Waals surface area contributed by atoms with E-state index in [1.165, 1.54) is 0 Å². The minimum atomic E-state index is -0.285. The number of amides is 4.